The van der Waals surface area contributed by atoms with Crippen LogP contribution in [0, 0.1) is 13.8 Å². The topological polar surface area (TPSA) is 0 Å². The van der Waals surface area contributed by atoms with Gasteiger partial charge in [-0.2, -0.15) is 0 Å². The molecule has 0 aliphatic rings. The maximum absolute atomic E-state index is 2.30. The highest BCUT2D eigenvalue weighted by molar-refractivity contribution is 5.85. The summed E-state index contributed by atoms with van der Waals surface area (Å²) < 4.78 is 0. The summed E-state index contributed by atoms with van der Waals surface area (Å²) in [6, 6.07) is 21.9. The molecule has 0 fully saturated rings. The van der Waals surface area contributed by atoms with Crippen molar-refractivity contribution in [3.63, 3.8) is 0 Å². The van der Waals surface area contributed by atoms with Crippen molar-refractivity contribution in [1.29, 1.82) is 0 Å². The minimum Gasteiger partial charge on any atom is -0.0616 e. The number of rotatable bonds is 2. The van der Waals surface area contributed by atoms with E-state index in [4.69, 9.17) is 0 Å². The van der Waals surface area contributed by atoms with Crippen molar-refractivity contribution in [1.82, 2.24) is 0 Å². The van der Waals surface area contributed by atoms with Gasteiger partial charge in [0, 0.05) is 0 Å². The smallest absolute Gasteiger partial charge is 0.00169 e. The summed E-state index contributed by atoms with van der Waals surface area (Å²) in [5.74, 6) is 0. The van der Waals surface area contributed by atoms with Crippen LogP contribution >= 0.6 is 0 Å². The molecule has 0 aliphatic carbocycles. The Labute approximate surface area is 114 Å². The molecule has 94 valence electrons. The van der Waals surface area contributed by atoms with Gasteiger partial charge < -0.3 is 0 Å². The Morgan fingerprint density at radius 3 is 2.42 bits per heavy atom. The number of hydrogen-bond acceptors (Lipinski definition) is 0. The van der Waals surface area contributed by atoms with E-state index in [9.17, 15) is 0 Å². The van der Waals surface area contributed by atoms with Crippen molar-refractivity contribution in [2.75, 3.05) is 0 Å². The van der Waals surface area contributed by atoms with E-state index in [1.807, 2.05) is 0 Å². The van der Waals surface area contributed by atoms with Gasteiger partial charge in [-0.15, -0.1) is 0 Å². The van der Waals surface area contributed by atoms with E-state index in [1.54, 1.807) is 0 Å². The molecule has 3 aromatic carbocycles. The summed E-state index contributed by atoms with van der Waals surface area (Å²) in [4.78, 5) is 0. The molecule has 0 saturated heterocycles. The normalized spacial score (nSPS) is 10.8. The van der Waals surface area contributed by atoms with Crippen molar-refractivity contribution in [3.8, 4) is 0 Å². The van der Waals surface area contributed by atoms with E-state index >= 15 is 0 Å². The molecule has 0 nitrogen and oxygen atoms in total. The lowest BCUT2D eigenvalue weighted by Crippen LogP contribution is -1.93. The number of benzene rings is 3. The first-order valence-electron chi connectivity index (χ1n) is 6.77. The third-order valence-electron chi connectivity index (χ3n) is 3.77. The van der Waals surface area contributed by atoms with E-state index in [-0.39, 0.29) is 0 Å². The van der Waals surface area contributed by atoms with Gasteiger partial charge in [-0.1, -0.05) is 66.2 Å². The summed E-state index contributed by atoms with van der Waals surface area (Å²) in [5, 5.41) is 2.69. The Hall–Kier alpha value is -2.08. The monoisotopic (exact) mass is 246 g/mol. The van der Waals surface area contributed by atoms with Crippen molar-refractivity contribution in [3.05, 3.63) is 82.9 Å². The molecule has 0 radical (unpaired) electrons. The fourth-order valence-corrected chi connectivity index (χ4v) is 2.64. The van der Waals surface area contributed by atoms with Gasteiger partial charge in [-0.25, -0.2) is 0 Å². The number of aryl methyl sites for hydroxylation is 2. The van der Waals surface area contributed by atoms with Gasteiger partial charge in [-0.05, 0) is 47.7 Å². The predicted molar refractivity (Wildman–Crippen MR) is 82.7 cm³/mol. The maximum atomic E-state index is 2.30. The van der Waals surface area contributed by atoms with Gasteiger partial charge in [-0.3, -0.25) is 0 Å². The van der Waals surface area contributed by atoms with E-state index in [2.05, 4.69) is 74.5 Å². The summed E-state index contributed by atoms with van der Waals surface area (Å²) in [7, 11) is 0. The second-order valence-electron chi connectivity index (χ2n) is 5.24. The Balaban J connectivity index is 2.08. The first-order chi connectivity index (χ1) is 9.24. The molecule has 0 spiro atoms. The van der Waals surface area contributed by atoms with Gasteiger partial charge >= 0.3 is 0 Å². The van der Waals surface area contributed by atoms with Crippen LogP contribution in [0.1, 0.15) is 22.3 Å². The summed E-state index contributed by atoms with van der Waals surface area (Å²) in [5.41, 5.74) is 5.54. The van der Waals surface area contributed by atoms with Crippen LogP contribution < -0.4 is 0 Å². The first-order valence-corrected chi connectivity index (χ1v) is 6.77. The van der Waals surface area contributed by atoms with Crippen molar-refractivity contribution in [2.45, 2.75) is 20.3 Å². The lowest BCUT2D eigenvalue weighted by molar-refractivity contribution is 1.16. The zero-order chi connectivity index (χ0) is 13.2. The summed E-state index contributed by atoms with van der Waals surface area (Å²) in [6.07, 6.45) is 1.01. The second-order valence-corrected chi connectivity index (χ2v) is 5.24. The zero-order valence-electron chi connectivity index (χ0n) is 11.5. The lowest BCUT2D eigenvalue weighted by Gasteiger charge is -2.10. The molecule has 3 aromatic rings. The average Bonchev–Trinajstić information content (AvgIpc) is 2.43. The van der Waals surface area contributed by atoms with Gasteiger partial charge in [0.2, 0.25) is 0 Å². The predicted octanol–water partition coefficient (Wildman–Crippen LogP) is 5.05. The molecule has 19 heavy (non-hydrogen) atoms. The van der Waals surface area contributed by atoms with E-state index in [1.165, 1.54) is 33.0 Å². The molecule has 0 amide bonds. The van der Waals surface area contributed by atoms with E-state index < -0.39 is 0 Å². The standard InChI is InChI=1S/C19H18/c1-14-10-11-15(2)18(12-14)13-17-8-5-7-16-6-3-4-9-19(16)17/h3-12H,13H2,1-2H3. The number of fused-ring (bicyclic) bond motifs is 1. The van der Waals surface area contributed by atoms with E-state index in [0.717, 1.165) is 6.42 Å². The molecule has 3 rings (SSSR count). The second kappa shape index (κ2) is 4.89. The molecule has 0 bridgehead atoms. The number of hydrogen-bond donors (Lipinski definition) is 0. The maximum Gasteiger partial charge on any atom is -0.00169 e. The van der Waals surface area contributed by atoms with Crippen LogP contribution in [0.5, 0.6) is 0 Å². The molecule has 0 heteroatoms. The molecule has 0 aromatic heterocycles. The zero-order valence-corrected chi connectivity index (χ0v) is 11.5. The fraction of sp³-hybridized carbons (Fsp3) is 0.158. The fourth-order valence-electron chi connectivity index (χ4n) is 2.64. The van der Waals surface area contributed by atoms with E-state index in [0.29, 0.717) is 0 Å². The molecule has 0 aliphatic heterocycles. The molecule has 0 unspecified atom stereocenters. The molecule has 0 heterocycles. The van der Waals surface area contributed by atoms with Crippen LogP contribution in [0.4, 0.5) is 0 Å². The molecule has 0 N–H and O–H groups in total. The average molecular weight is 246 g/mol. The minimum absolute atomic E-state index is 1.01. The quantitative estimate of drug-likeness (QED) is 0.593. The van der Waals surface area contributed by atoms with Gasteiger partial charge in [0.05, 0.1) is 0 Å². The minimum atomic E-state index is 1.01. The highest BCUT2D eigenvalue weighted by Crippen LogP contribution is 2.23. The molecule has 0 saturated carbocycles. The van der Waals surface area contributed by atoms with Crippen LogP contribution in [0.15, 0.2) is 60.7 Å². The van der Waals surface area contributed by atoms with Crippen molar-refractivity contribution < 1.29 is 0 Å². The highest BCUT2D eigenvalue weighted by atomic mass is 14.1. The summed E-state index contributed by atoms with van der Waals surface area (Å²) in [6.45, 7) is 4.35. The largest absolute Gasteiger partial charge is 0.0616 e. The van der Waals surface area contributed by atoms with Gasteiger partial charge in [0.25, 0.3) is 0 Å². The van der Waals surface area contributed by atoms with Crippen LogP contribution in [0.25, 0.3) is 10.8 Å². The van der Waals surface area contributed by atoms with Crippen molar-refractivity contribution in [2.24, 2.45) is 0 Å². The van der Waals surface area contributed by atoms with Crippen LogP contribution in [-0.2, 0) is 6.42 Å². The van der Waals surface area contributed by atoms with Crippen LogP contribution in [0.3, 0.4) is 0 Å². The SMILES string of the molecule is Cc1ccc(C)c(Cc2cccc3ccccc23)c1. The highest BCUT2D eigenvalue weighted by Gasteiger charge is 2.04. The van der Waals surface area contributed by atoms with Gasteiger partial charge in [0.1, 0.15) is 0 Å². The molecular weight excluding hydrogens is 228 g/mol. The van der Waals surface area contributed by atoms with Crippen LogP contribution in [-0.4, -0.2) is 0 Å². The molecule has 0 atom stereocenters. The summed E-state index contributed by atoms with van der Waals surface area (Å²) >= 11 is 0. The van der Waals surface area contributed by atoms with Gasteiger partial charge in [0.15, 0.2) is 0 Å². The Morgan fingerprint density at radius 2 is 1.53 bits per heavy atom. The lowest BCUT2D eigenvalue weighted by atomic mass is 9.95. The Morgan fingerprint density at radius 1 is 0.737 bits per heavy atom. The Bertz CT molecular complexity index is 718. The Kier molecular flexibility index (Phi) is 3.08. The third kappa shape index (κ3) is 2.39. The van der Waals surface area contributed by atoms with Crippen LogP contribution in [0.2, 0.25) is 0 Å². The van der Waals surface area contributed by atoms with Crippen molar-refractivity contribution >= 4 is 10.8 Å². The molecular formula is C19H18. The third-order valence-corrected chi connectivity index (χ3v) is 3.77. The first kappa shape index (κ1) is 12.0.